The molecule has 21 heavy (non-hydrogen) atoms. The smallest absolute Gasteiger partial charge is 0.180 e. The Morgan fingerprint density at radius 2 is 2.10 bits per heavy atom. The summed E-state index contributed by atoms with van der Waals surface area (Å²) in [6, 6.07) is 3.72. The molecule has 3 aromatic rings. The molecule has 0 bridgehead atoms. The topological polar surface area (TPSA) is 80.3 Å². The molecule has 4 N–H and O–H groups in total. The van der Waals surface area contributed by atoms with Crippen LogP contribution in [0.4, 0.5) is 20.4 Å². The van der Waals surface area contributed by atoms with Crippen molar-refractivity contribution in [2.75, 3.05) is 10.7 Å². The second-order valence-electron chi connectivity index (χ2n) is 4.38. The lowest BCUT2D eigenvalue weighted by atomic mass is 10.2. The van der Waals surface area contributed by atoms with Crippen molar-refractivity contribution < 1.29 is 8.78 Å². The van der Waals surface area contributed by atoms with Crippen LogP contribution in [-0.4, -0.2) is 14.4 Å². The molecule has 2 heterocycles. The van der Waals surface area contributed by atoms with Crippen molar-refractivity contribution in [1.29, 1.82) is 0 Å². The molecule has 0 saturated carbocycles. The molecular formula is C13H12F2N6. The van der Waals surface area contributed by atoms with Crippen molar-refractivity contribution in [2.24, 2.45) is 5.84 Å². The predicted molar refractivity (Wildman–Crippen MR) is 74.5 cm³/mol. The number of nitrogens with one attached hydrogen (secondary N) is 2. The predicted octanol–water partition coefficient (Wildman–Crippen LogP) is 1.91. The molecule has 0 atom stereocenters. The Morgan fingerprint density at radius 1 is 1.24 bits per heavy atom. The van der Waals surface area contributed by atoms with Crippen LogP contribution in [0.25, 0.3) is 5.65 Å². The first-order valence-electron chi connectivity index (χ1n) is 6.15. The Balaban J connectivity index is 1.87. The van der Waals surface area contributed by atoms with Crippen molar-refractivity contribution >= 4 is 17.3 Å². The summed E-state index contributed by atoms with van der Waals surface area (Å²) >= 11 is 0. The van der Waals surface area contributed by atoms with E-state index in [1.807, 2.05) is 0 Å². The summed E-state index contributed by atoms with van der Waals surface area (Å²) in [5.41, 5.74) is 3.65. The summed E-state index contributed by atoms with van der Waals surface area (Å²) in [5, 5.41) is 3.03. The van der Waals surface area contributed by atoms with E-state index in [0.717, 1.165) is 12.1 Å². The summed E-state index contributed by atoms with van der Waals surface area (Å²) in [6.45, 7) is 0.279. The van der Waals surface area contributed by atoms with Gasteiger partial charge in [0.05, 0.1) is 6.20 Å². The maximum Gasteiger partial charge on any atom is 0.180 e. The number of benzene rings is 1. The summed E-state index contributed by atoms with van der Waals surface area (Å²) in [7, 11) is 0. The van der Waals surface area contributed by atoms with Crippen molar-refractivity contribution in [3.05, 3.63) is 54.0 Å². The number of nitrogens with two attached hydrogens (primary N) is 1. The fourth-order valence-corrected chi connectivity index (χ4v) is 1.96. The third-order valence-corrected chi connectivity index (χ3v) is 2.97. The molecule has 0 saturated heterocycles. The Kier molecular flexibility index (Phi) is 3.36. The van der Waals surface area contributed by atoms with E-state index in [0.29, 0.717) is 22.8 Å². The Labute approximate surface area is 118 Å². The van der Waals surface area contributed by atoms with Gasteiger partial charge in [-0.2, -0.15) is 0 Å². The van der Waals surface area contributed by atoms with Gasteiger partial charge in [-0.15, -0.1) is 0 Å². The van der Waals surface area contributed by atoms with Gasteiger partial charge in [-0.25, -0.2) is 24.6 Å². The van der Waals surface area contributed by atoms with E-state index in [4.69, 9.17) is 5.84 Å². The number of hydrogen-bond donors (Lipinski definition) is 3. The highest BCUT2D eigenvalue weighted by Crippen LogP contribution is 2.17. The number of rotatable bonds is 4. The van der Waals surface area contributed by atoms with Gasteiger partial charge in [-0.3, -0.25) is 0 Å². The molecule has 0 amide bonds. The molecule has 0 aliphatic carbocycles. The van der Waals surface area contributed by atoms with Crippen molar-refractivity contribution in [1.82, 2.24) is 14.4 Å². The highest BCUT2D eigenvalue weighted by molar-refractivity contribution is 5.65. The number of hydrogen-bond acceptors (Lipinski definition) is 5. The monoisotopic (exact) mass is 290 g/mol. The quantitative estimate of drug-likeness (QED) is 0.505. The molecule has 6 nitrogen and oxygen atoms in total. The van der Waals surface area contributed by atoms with E-state index in [-0.39, 0.29) is 6.54 Å². The first-order chi connectivity index (χ1) is 10.2. The normalized spacial score (nSPS) is 10.8. The van der Waals surface area contributed by atoms with Crippen molar-refractivity contribution in [2.45, 2.75) is 6.54 Å². The number of aromatic nitrogens is 3. The van der Waals surface area contributed by atoms with Crippen LogP contribution in [-0.2, 0) is 6.54 Å². The average molecular weight is 290 g/mol. The molecule has 0 aliphatic rings. The lowest BCUT2D eigenvalue weighted by Gasteiger charge is -2.09. The molecule has 0 fully saturated rings. The van der Waals surface area contributed by atoms with Gasteiger partial charge in [0, 0.05) is 18.9 Å². The number of nitrogen functional groups attached to an aromatic ring is 1. The first kappa shape index (κ1) is 13.3. The first-order valence-corrected chi connectivity index (χ1v) is 6.15. The zero-order valence-electron chi connectivity index (χ0n) is 10.8. The van der Waals surface area contributed by atoms with Gasteiger partial charge in [0.2, 0.25) is 0 Å². The van der Waals surface area contributed by atoms with E-state index < -0.39 is 11.6 Å². The average Bonchev–Trinajstić information content (AvgIpc) is 2.96. The Hall–Kier alpha value is -2.74. The van der Waals surface area contributed by atoms with Crippen LogP contribution >= 0.6 is 0 Å². The summed E-state index contributed by atoms with van der Waals surface area (Å²) in [5.74, 6) is 4.54. The fraction of sp³-hybridized carbons (Fsp3) is 0.0769. The molecule has 0 aliphatic heterocycles. The third kappa shape index (κ3) is 2.61. The summed E-state index contributed by atoms with van der Waals surface area (Å²) < 4.78 is 27.8. The van der Waals surface area contributed by atoms with E-state index >= 15 is 0 Å². The minimum absolute atomic E-state index is 0.279. The van der Waals surface area contributed by atoms with Gasteiger partial charge in [-0.05, 0) is 17.7 Å². The highest BCUT2D eigenvalue weighted by Gasteiger charge is 2.08. The van der Waals surface area contributed by atoms with Gasteiger partial charge in [0.25, 0.3) is 0 Å². The third-order valence-electron chi connectivity index (χ3n) is 2.97. The van der Waals surface area contributed by atoms with Crippen LogP contribution in [0.15, 0.2) is 36.8 Å². The number of nitrogens with zero attached hydrogens (tertiary/aromatic N) is 3. The number of fused-ring (bicyclic) bond motifs is 1. The zero-order chi connectivity index (χ0) is 14.8. The lowest BCUT2D eigenvalue weighted by molar-refractivity contribution is 0.507. The van der Waals surface area contributed by atoms with E-state index in [2.05, 4.69) is 20.7 Å². The maximum atomic E-state index is 13.2. The Morgan fingerprint density at radius 3 is 2.86 bits per heavy atom. The Bertz CT molecular complexity index is 785. The molecule has 1 aromatic carbocycles. The lowest BCUT2D eigenvalue weighted by Crippen LogP contribution is -2.12. The van der Waals surface area contributed by atoms with Crippen LogP contribution in [0, 0.1) is 11.6 Å². The second kappa shape index (κ2) is 5.33. The number of halogens is 2. The van der Waals surface area contributed by atoms with Gasteiger partial charge < -0.3 is 15.1 Å². The van der Waals surface area contributed by atoms with Crippen LogP contribution < -0.4 is 16.6 Å². The van der Waals surface area contributed by atoms with Gasteiger partial charge in [0.1, 0.15) is 0 Å². The summed E-state index contributed by atoms with van der Waals surface area (Å²) in [4.78, 5) is 8.42. The van der Waals surface area contributed by atoms with Crippen LogP contribution in [0.5, 0.6) is 0 Å². The molecule has 3 rings (SSSR count). The SMILES string of the molecule is NNc1cn2ccnc2c(NCc2ccc(F)c(F)c2)n1. The number of anilines is 2. The largest absolute Gasteiger partial charge is 0.363 e. The van der Waals surface area contributed by atoms with Gasteiger partial charge >= 0.3 is 0 Å². The molecule has 2 aromatic heterocycles. The van der Waals surface area contributed by atoms with Gasteiger partial charge in [0.15, 0.2) is 28.9 Å². The summed E-state index contributed by atoms with van der Waals surface area (Å²) in [6.07, 6.45) is 5.06. The van der Waals surface area contributed by atoms with Crippen LogP contribution in [0.1, 0.15) is 5.56 Å². The molecule has 0 spiro atoms. The molecule has 8 heteroatoms. The van der Waals surface area contributed by atoms with Gasteiger partial charge in [-0.1, -0.05) is 6.07 Å². The fourth-order valence-electron chi connectivity index (χ4n) is 1.96. The molecule has 0 unspecified atom stereocenters. The zero-order valence-corrected chi connectivity index (χ0v) is 10.8. The number of hydrazine groups is 1. The number of imidazole rings is 1. The molecule has 0 radical (unpaired) electrons. The van der Waals surface area contributed by atoms with E-state index in [1.165, 1.54) is 6.07 Å². The van der Waals surface area contributed by atoms with Crippen LogP contribution in [0.2, 0.25) is 0 Å². The highest BCUT2D eigenvalue weighted by atomic mass is 19.2. The van der Waals surface area contributed by atoms with Crippen LogP contribution in [0.3, 0.4) is 0 Å². The minimum atomic E-state index is -0.884. The second-order valence-corrected chi connectivity index (χ2v) is 4.38. The molecule has 108 valence electrons. The van der Waals surface area contributed by atoms with E-state index in [1.54, 1.807) is 23.0 Å². The standard InChI is InChI=1S/C13H12F2N6/c14-9-2-1-8(5-10(9)15)6-18-12-13-17-3-4-21(13)7-11(19-12)20-16/h1-5,7,20H,6,16H2,(H,18,19). The van der Waals surface area contributed by atoms with Crippen molar-refractivity contribution in [3.63, 3.8) is 0 Å². The maximum absolute atomic E-state index is 13.2. The van der Waals surface area contributed by atoms with Crippen molar-refractivity contribution in [3.8, 4) is 0 Å². The molecular weight excluding hydrogens is 278 g/mol. The van der Waals surface area contributed by atoms with E-state index in [9.17, 15) is 8.78 Å². The minimum Gasteiger partial charge on any atom is -0.363 e.